The molecule has 5 nitrogen and oxygen atoms in total. The first-order chi connectivity index (χ1) is 7.61. The van der Waals surface area contributed by atoms with Crippen LogP contribution in [0.1, 0.15) is 10.4 Å². The van der Waals surface area contributed by atoms with Crippen LogP contribution in [0.4, 0.5) is 4.79 Å². The van der Waals surface area contributed by atoms with Gasteiger partial charge < -0.3 is 15.5 Å². The molecule has 16 heavy (non-hydrogen) atoms. The van der Waals surface area contributed by atoms with Gasteiger partial charge in [0.2, 0.25) is 0 Å². The summed E-state index contributed by atoms with van der Waals surface area (Å²) in [5.74, 6) is -0.369. The van der Waals surface area contributed by atoms with E-state index in [0.29, 0.717) is 0 Å². The first-order valence-corrected chi connectivity index (χ1v) is 5.51. The van der Waals surface area contributed by atoms with Crippen molar-refractivity contribution in [2.45, 2.75) is 0 Å². The average molecular weight is 241 g/mol. The van der Waals surface area contributed by atoms with Gasteiger partial charge in [0.25, 0.3) is 5.24 Å². The van der Waals surface area contributed by atoms with E-state index >= 15 is 0 Å². The van der Waals surface area contributed by atoms with Crippen molar-refractivity contribution in [2.24, 2.45) is 0 Å². The fourth-order valence-corrected chi connectivity index (χ4v) is 1.60. The minimum Gasteiger partial charge on any atom is -0.507 e. The summed E-state index contributed by atoms with van der Waals surface area (Å²) in [5, 5.41) is 20.1. The van der Waals surface area contributed by atoms with Crippen LogP contribution in [0, 0.1) is 0 Å². The van der Waals surface area contributed by atoms with Crippen molar-refractivity contribution in [3.8, 4) is 5.75 Å². The molecule has 1 heterocycles. The third-order valence-electron chi connectivity index (χ3n) is 1.74. The Labute approximate surface area is 96.5 Å². The zero-order chi connectivity index (χ0) is 12.0. The Balaban J connectivity index is 0.000000181. The van der Waals surface area contributed by atoms with Crippen LogP contribution >= 0.6 is 11.8 Å². The van der Waals surface area contributed by atoms with Crippen LogP contribution in [-0.2, 0) is 0 Å². The molecule has 1 amide bonds. The molecule has 0 atom stereocenters. The molecule has 1 aromatic rings. The predicted molar refractivity (Wildman–Crippen MR) is 60.9 cm³/mol. The zero-order valence-electron chi connectivity index (χ0n) is 8.34. The average Bonchev–Trinajstić information content (AvgIpc) is 2.70. The summed E-state index contributed by atoms with van der Waals surface area (Å²) in [7, 11) is 0. The fraction of sp³-hybridized carbons (Fsp3) is 0.200. The molecule has 0 spiro atoms. The van der Waals surface area contributed by atoms with Gasteiger partial charge in [-0.05, 0) is 12.1 Å². The molecule has 1 aromatic carbocycles. The van der Waals surface area contributed by atoms with Crippen molar-refractivity contribution in [1.29, 1.82) is 0 Å². The molecule has 3 N–H and O–H groups in total. The molecule has 86 valence electrons. The minimum absolute atomic E-state index is 0.0671. The Bertz CT molecular complexity index is 386. The van der Waals surface area contributed by atoms with Gasteiger partial charge in [-0.25, -0.2) is 4.79 Å². The second kappa shape index (κ2) is 6.02. The standard InChI is InChI=1S/C7H6O3.C3H5NOS/c8-6-4-2-1-3-5(6)7(9)10;5-3-4-1-2-6-3/h1-4,8H,(H,9,10);1-2H2,(H,4,5). The number of carbonyl (C=O) groups excluding carboxylic acids is 1. The van der Waals surface area contributed by atoms with E-state index in [9.17, 15) is 9.59 Å². The van der Waals surface area contributed by atoms with Gasteiger partial charge in [0.15, 0.2) is 0 Å². The molecule has 1 saturated heterocycles. The van der Waals surface area contributed by atoms with E-state index < -0.39 is 5.97 Å². The van der Waals surface area contributed by atoms with Crippen LogP contribution in [0.5, 0.6) is 5.75 Å². The Morgan fingerprint density at radius 2 is 2.06 bits per heavy atom. The molecule has 0 aromatic heterocycles. The molecule has 0 bridgehead atoms. The van der Waals surface area contributed by atoms with Crippen molar-refractivity contribution in [3.63, 3.8) is 0 Å². The lowest BCUT2D eigenvalue weighted by atomic mass is 10.2. The van der Waals surface area contributed by atoms with Crippen molar-refractivity contribution in [3.05, 3.63) is 29.8 Å². The maximum atomic E-state index is 10.3. The number of hydrogen-bond donors (Lipinski definition) is 3. The van der Waals surface area contributed by atoms with Crippen molar-refractivity contribution >= 4 is 23.0 Å². The number of thioether (sulfide) groups is 1. The normalized spacial score (nSPS) is 13.6. The Kier molecular flexibility index (Phi) is 4.65. The smallest absolute Gasteiger partial charge is 0.339 e. The number of nitrogens with one attached hydrogen (secondary N) is 1. The zero-order valence-corrected chi connectivity index (χ0v) is 9.16. The van der Waals surface area contributed by atoms with Gasteiger partial charge in [0.1, 0.15) is 11.3 Å². The largest absolute Gasteiger partial charge is 0.507 e. The highest BCUT2D eigenvalue weighted by Crippen LogP contribution is 2.14. The number of aromatic carboxylic acids is 1. The molecule has 1 fully saturated rings. The number of aromatic hydroxyl groups is 1. The third-order valence-corrected chi connectivity index (χ3v) is 2.55. The van der Waals surface area contributed by atoms with E-state index in [1.807, 2.05) is 0 Å². The predicted octanol–water partition coefficient (Wildman–Crippen LogP) is 1.53. The van der Waals surface area contributed by atoms with Crippen molar-refractivity contribution in [1.82, 2.24) is 5.32 Å². The summed E-state index contributed by atoms with van der Waals surface area (Å²) in [6.07, 6.45) is 0. The summed E-state index contributed by atoms with van der Waals surface area (Å²) in [4.78, 5) is 20.4. The van der Waals surface area contributed by atoms with Crippen LogP contribution in [0.2, 0.25) is 0 Å². The molecular weight excluding hydrogens is 230 g/mol. The number of hydrogen-bond acceptors (Lipinski definition) is 4. The highest BCUT2D eigenvalue weighted by molar-refractivity contribution is 8.13. The molecule has 1 aliphatic heterocycles. The highest BCUT2D eigenvalue weighted by atomic mass is 32.2. The summed E-state index contributed by atoms with van der Waals surface area (Å²) in [6, 6.07) is 5.81. The molecule has 0 aliphatic carbocycles. The highest BCUT2D eigenvalue weighted by Gasteiger charge is 2.06. The molecule has 1 aliphatic rings. The lowest BCUT2D eigenvalue weighted by Crippen LogP contribution is -2.10. The number of benzene rings is 1. The van der Waals surface area contributed by atoms with Crippen LogP contribution < -0.4 is 5.32 Å². The maximum absolute atomic E-state index is 10.3. The first-order valence-electron chi connectivity index (χ1n) is 4.53. The Hall–Kier alpha value is -1.69. The SMILES string of the molecule is O=C(O)c1ccccc1O.O=C1NCCS1. The summed E-state index contributed by atoms with van der Waals surface area (Å²) >= 11 is 1.35. The van der Waals surface area contributed by atoms with E-state index in [-0.39, 0.29) is 16.6 Å². The summed E-state index contributed by atoms with van der Waals surface area (Å²) in [6.45, 7) is 0.851. The number of carboxylic acids is 1. The van der Waals surface area contributed by atoms with Crippen LogP contribution in [-0.4, -0.2) is 33.7 Å². The first kappa shape index (κ1) is 12.4. The quantitative estimate of drug-likeness (QED) is 0.694. The van der Waals surface area contributed by atoms with Crippen LogP contribution in [0.15, 0.2) is 24.3 Å². The van der Waals surface area contributed by atoms with E-state index in [2.05, 4.69) is 5.32 Å². The molecular formula is C10H11NO4S. The second-order valence-electron chi connectivity index (χ2n) is 2.88. The fourth-order valence-electron chi connectivity index (χ4n) is 1.00. The molecule has 0 radical (unpaired) electrons. The number of amides is 1. The number of rotatable bonds is 1. The van der Waals surface area contributed by atoms with Gasteiger partial charge in [-0.15, -0.1) is 0 Å². The maximum Gasteiger partial charge on any atom is 0.339 e. The lowest BCUT2D eigenvalue weighted by molar-refractivity contribution is 0.0693. The van der Waals surface area contributed by atoms with E-state index in [1.54, 1.807) is 12.1 Å². The monoisotopic (exact) mass is 241 g/mol. The summed E-state index contributed by atoms with van der Waals surface area (Å²) in [5.41, 5.74) is -0.0671. The van der Waals surface area contributed by atoms with Crippen LogP contribution in [0.3, 0.4) is 0 Å². The number of phenols is 1. The second-order valence-corrected chi connectivity index (χ2v) is 3.95. The van der Waals surface area contributed by atoms with Crippen molar-refractivity contribution in [2.75, 3.05) is 12.3 Å². The number of carboxylic acid groups (broad SMARTS) is 1. The van der Waals surface area contributed by atoms with Gasteiger partial charge in [0, 0.05) is 12.3 Å². The van der Waals surface area contributed by atoms with Gasteiger partial charge in [-0.1, -0.05) is 23.9 Å². The van der Waals surface area contributed by atoms with Gasteiger partial charge >= 0.3 is 5.97 Å². The molecule has 6 heteroatoms. The van der Waals surface area contributed by atoms with Gasteiger partial charge in [-0.3, -0.25) is 4.79 Å². The Morgan fingerprint density at radius 3 is 2.38 bits per heavy atom. The third kappa shape index (κ3) is 3.82. The number of carbonyl (C=O) groups is 2. The van der Waals surface area contributed by atoms with E-state index in [0.717, 1.165) is 12.3 Å². The minimum atomic E-state index is -1.11. The van der Waals surface area contributed by atoms with E-state index in [4.69, 9.17) is 10.2 Å². The molecule has 2 rings (SSSR count). The topological polar surface area (TPSA) is 86.6 Å². The summed E-state index contributed by atoms with van der Waals surface area (Å²) < 4.78 is 0. The van der Waals surface area contributed by atoms with Gasteiger partial charge in [0.05, 0.1) is 0 Å². The lowest BCUT2D eigenvalue weighted by Gasteiger charge is -1.95. The van der Waals surface area contributed by atoms with Crippen LogP contribution in [0.25, 0.3) is 0 Å². The Morgan fingerprint density at radius 1 is 1.38 bits per heavy atom. The van der Waals surface area contributed by atoms with Crippen molar-refractivity contribution < 1.29 is 19.8 Å². The van der Waals surface area contributed by atoms with E-state index in [1.165, 1.54) is 23.9 Å². The molecule has 0 unspecified atom stereocenters. The molecule has 0 saturated carbocycles. The van der Waals surface area contributed by atoms with Gasteiger partial charge in [-0.2, -0.15) is 0 Å². The number of para-hydroxylation sites is 1.